The first-order valence-corrected chi connectivity index (χ1v) is 8.65. The Balaban J connectivity index is 1.31. The van der Waals surface area contributed by atoms with Gasteiger partial charge >= 0.3 is 0 Å². The minimum Gasteiger partial charge on any atom is -0.474 e. The van der Waals surface area contributed by atoms with Crippen molar-refractivity contribution in [2.24, 2.45) is 0 Å². The molecule has 1 N–H and O–H groups in total. The topological polar surface area (TPSA) is 78.9 Å². The normalized spacial score (nSPS) is 16.3. The molecule has 1 fully saturated rings. The van der Waals surface area contributed by atoms with Crippen molar-refractivity contribution in [2.75, 3.05) is 20.0 Å². The van der Waals surface area contributed by atoms with Crippen LogP contribution in [0.5, 0.6) is 17.4 Å². The van der Waals surface area contributed by atoms with Crippen LogP contribution in [0.2, 0.25) is 0 Å². The number of benzene rings is 1. The smallest absolute Gasteiger partial charge is 0.253 e. The summed E-state index contributed by atoms with van der Waals surface area (Å²) in [5, 5.41) is 2.87. The van der Waals surface area contributed by atoms with Gasteiger partial charge in [0.2, 0.25) is 12.7 Å². The maximum atomic E-state index is 12.3. The standard InChI is InChI=1S/C19H20N2O5/c22-19(21-10-13-1-3-16-17(9-13)25-12-24-16)14-2-4-18(20-11-14)26-15-5-7-23-8-6-15/h1-4,9,11,15H,5-8,10,12H2,(H,21,22). The van der Waals surface area contributed by atoms with E-state index in [1.165, 1.54) is 6.20 Å². The number of pyridine rings is 1. The minimum absolute atomic E-state index is 0.127. The van der Waals surface area contributed by atoms with Gasteiger partial charge in [-0.2, -0.15) is 0 Å². The second-order valence-electron chi connectivity index (χ2n) is 6.18. The summed E-state index contributed by atoms with van der Waals surface area (Å²) in [7, 11) is 0. The zero-order valence-corrected chi connectivity index (χ0v) is 14.3. The molecule has 26 heavy (non-hydrogen) atoms. The van der Waals surface area contributed by atoms with Gasteiger partial charge < -0.3 is 24.3 Å². The van der Waals surface area contributed by atoms with Crippen LogP contribution in [0.25, 0.3) is 0 Å². The summed E-state index contributed by atoms with van der Waals surface area (Å²) in [6.07, 6.45) is 3.38. The van der Waals surface area contributed by atoms with Crippen molar-refractivity contribution in [3.05, 3.63) is 47.7 Å². The van der Waals surface area contributed by atoms with Gasteiger partial charge in [-0.1, -0.05) is 6.07 Å². The van der Waals surface area contributed by atoms with E-state index in [1.807, 2.05) is 18.2 Å². The molecule has 7 heteroatoms. The molecule has 0 unspecified atom stereocenters. The lowest BCUT2D eigenvalue weighted by atomic mass is 10.1. The summed E-state index contributed by atoms with van der Waals surface area (Å²) in [6.45, 7) is 2.06. The van der Waals surface area contributed by atoms with E-state index in [4.69, 9.17) is 18.9 Å². The molecule has 0 saturated carbocycles. The van der Waals surface area contributed by atoms with Crippen molar-refractivity contribution in [2.45, 2.75) is 25.5 Å². The predicted molar refractivity (Wildman–Crippen MR) is 92.4 cm³/mol. The third kappa shape index (κ3) is 3.88. The summed E-state index contributed by atoms with van der Waals surface area (Å²) in [6, 6.07) is 9.05. The highest BCUT2D eigenvalue weighted by atomic mass is 16.7. The number of hydrogen-bond donors (Lipinski definition) is 1. The van der Waals surface area contributed by atoms with E-state index in [0.717, 1.165) is 24.2 Å². The Kier molecular flexibility index (Phi) is 4.88. The maximum absolute atomic E-state index is 12.3. The average Bonchev–Trinajstić information content (AvgIpc) is 3.15. The molecule has 3 heterocycles. The van der Waals surface area contributed by atoms with E-state index in [0.29, 0.717) is 37.0 Å². The highest BCUT2D eigenvalue weighted by molar-refractivity contribution is 5.93. The highest BCUT2D eigenvalue weighted by Gasteiger charge is 2.16. The molecule has 7 nitrogen and oxygen atoms in total. The molecule has 0 radical (unpaired) electrons. The van der Waals surface area contributed by atoms with Gasteiger partial charge in [-0.3, -0.25) is 4.79 Å². The number of carbonyl (C=O) groups excluding carboxylic acids is 1. The Morgan fingerprint density at radius 3 is 2.81 bits per heavy atom. The molecule has 1 aromatic heterocycles. The van der Waals surface area contributed by atoms with Gasteiger partial charge in [-0.15, -0.1) is 0 Å². The fraction of sp³-hybridized carbons (Fsp3) is 0.368. The molecule has 1 aromatic carbocycles. The monoisotopic (exact) mass is 356 g/mol. The number of amides is 1. The number of ether oxygens (including phenoxy) is 4. The van der Waals surface area contributed by atoms with Crippen LogP contribution in [-0.4, -0.2) is 37.0 Å². The Morgan fingerprint density at radius 1 is 1.15 bits per heavy atom. The molecule has 2 aliphatic heterocycles. The number of nitrogens with one attached hydrogen (secondary N) is 1. The van der Waals surface area contributed by atoms with Gasteiger partial charge in [0, 0.05) is 31.6 Å². The molecule has 2 aliphatic rings. The molecule has 4 rings (SSSR count). The van der Waals surface area contributed by atoms with Crippen molar-refractivity contribution in [3.63, 3.8) is 0 Å². The maximum Gasteiger partial charge on any atom is 0.253 e. The molecular weight excluding hydrogens is 336 g/mol. The van der Waals surface area contributed by atoms with E-state index in [2.05, 4.69) is 10.3 Å². The van der Waals surface area contributed by atoms with Crippen molar-refractivity contribution in [1.29, 1.82) is 0 Å². The van der Waals surface area contributed by atoms with Crippen LogP contribution in [-0.2, 0) is 11.3 Å². The number of fused-ring (bicyclic) bond motifs is 1. The van der Waals surface area contributed by atoms with Gasteiger partial charge in [0.1, 0.15) is 6.10 Å². The first kappa shape index (κ1) is 16.7. The number of rotatable bonds is 5. The lowest BCUT2D eigenvalue weighted by molar-refractivity contribution is 0.0237. The SMILES string of the molecule is O=C(NCc1ccc2c(c1)OCO2)c1ccc(OC2CCOCC2)nc1. The summed E-state index contributed by atoms with van der Waals surface area (Å²) < 4.78 is 21.7. The van der Waals surface area contributed by atoms with Gasteiger partial charge in [0.05, 0.1) is 18.8 Å². The quantitative estimate of drug-likeness (QED) is 0.886. The van der Waals surface area contributed by atoms with Crippen molar-refractivity contribution < 1.29 is 23.7 Å². The number of carbonyl (C=O) groups is 1. The minimum atomic E-state index is -0.187. The fourth-order valence-electron chi connectivity index (χ4n) is 2.88. The summed E-state index contributed by atoms with van der Waals surface area (Å²) in [4.78, 5) is 16.5. The summed E-state index contributed by atoms with van der Waals surface area (Å²) >= 11 is 0. The second kappa shape index (κ2) is 7.61. The average molecular weight is 356 g/mol. The van der Waals surface area contributed by atoms with Crippen LogP contribution < -0.4 is 19.5 Å². The van der Waals surface area contributed by atoms with Crippen LogP contribution >= 0.6 is 0 Å². The van der Waals surface area contributed by atoms with Crippen molar-refractivity contribution >= 4 is 5.91 Å². The first-order valence-electron chi connectivity index (χ1n) is 8.65. The van der Waals surface area contributed by atoms with Gasteiger partial charge in [-0.25, -0.2) is 4.98 Å². The highest BCUT2D eigenvalue weighted by Crippen LogP contribution is 2.32. The second-order valence-corrected chi connectivity index (χ2v) is 6.18. The summed E-state index contributed by atoms with van der Waals surface area (Å²) in [5.74, 6) is 1.77. The lowest BCUT2D eigenvalue weighted by Gasteiger charge is -2.22. The zero-order chi connectivity index (χ0) is 17.8. The summed E-state index contributed by atoms with van der Waals surface area (Å²) in [5.41, 5.74) is 1.43. The predicted octanol–water partition coefficient (Wildman–Crippen LogP) is 2.30. The van der Waals surface area contributed by atoms with Gasteiger partial charge in [0.15, 0.2) is 11.5 Å². The van der Waals surface area contributed by atoms with Crippen LogP contribution in [0.15, 0.2) is 36.5 Å². The Hall–Kier alpha value is -2.80. The molecule has 0 bridgehead atoms. The molecule has 1 saturated heterocycles. The Bertz CT molecular complexity index is 772. The Morgan fingerprint density at radius 2 is 2.00 bits per heavy atom. The molecule has 1 amide bonds. The van der Waals surface area contributed by atoms with E-state index in [-0.39, 0.29) is 18.8 Å². The largest absolute Gasteiger partial charge is 0.474 e. The Labute approximate surface area is 151 Å². The fourth-order valence-corrected chi connectivity index (χ4v) is 2.88. The van der Waals surface area contributed by atoms with E-state index < -0.39 is 0 Å². The van der Waals surface area contributed by atoms with E-state index in [1.54, 1.807) is 12.1 Å². The van der Waals surface area contributed by atoms with E-state index >= 15 is 0 Å². The number of aromatic nitrogens is 1. The third-order valence-corrected chi connectivity index (χ3v) is 4.34. The zero-order valence-electron chi connectivity index (χ0n) is 14.3. The third-order valence-electron chi connectivity index (χ3n) is 4.34. The first-order chi connectivity index (χ1) is 12.8. The van der Waals surface area contributed by atoms with Crippen molar-refractivity contribution in [1.82, 2.24) is 10.3 Å². The lowest BCUT2D eigenvalue weighted by Crippen LogP contribution is -2.26. The molecule has 0 aliphatic carbocycles. The molecule has 0 spiro atoms. The van der Waals surface area contributed by atoms with Crippen LogP contribution in [0.1, 0.15) is 28.8 Å². The number of nitrogens with zero attached hydrogens (tertiary/aromatic N) is 1. The van der Waals surface area contributed by atoms with Crippen molar-refractivity contribution in [3.8, 4) is 17.4 Å². The van der Waals surface area contributed by atoms with E-state index in [9.17, 15) is 4.79 Å². The molecule has 0 atom stereocenters. The molecular formula is C19H20N2O5. The molecule has 2 aromatic rings. The number of hydrogen-bond acceptors (Lipinski definition) is 6. The van der Waals surface area contributed by atoms with Gasteiger partial charge in [0.25, 0.3) is 5.91 Å². The molecule has 136 valence electrons. The van der Waals surface area contributed by atoms with Crippen LogP contribution in [0, 0.1) is 0 Å². The van der Waals surface area contributed by atoms with Crippen LogP contribution in [0.3, 0.4) is 0 Å². The van der Waals surface area contributed by atoms with Gasteiger partial charge in [-0.05, 0) is 23.8 Å². The van der Waals surface area contributed by atoms with Crippen LogP contribution in [0.4, 0.5) is 0 Å².